The molecule has 0 aliphatic carbocycles. The highest BCUT2D eigenvalue weighted by Crippen LogP contribution is 2.26. The number of rotatable bonds is 4. The van der Waals surface area contributed by atoms with Gasteiger partial charge in [-0.2, -0.15) is 0 Å². The summed E-state index contributed by atoms with van der Waals surface area (Å²) >= 11 is 0. The number of likely N-dealkylation sites (tertiary alicyclic amines) is 2. The van der Waals surface area contributed by atoms with Crippen LogP contribution in [0.25, 0.3) is 0 Å². The Morgan fingerprint density at radius 1 is 1.04 bits per heavy atom. The number of aryl methyl sites for hydroxylation is 2. The van der Waals surface area contributed by atoms with Gasteiger partial charge in [-0.15, -0.1) is 0 Å². The monoisotopic (exact) mass is 357 g/mol. The van der Waals surface area contributed by atoms with E-state index < -0.39 is 6.03 Å². The quantitative estimate of drug-likeness (QED) is 0.900. The molecule has 2 heterocycles. The van der Waals surface area contributed by atoms with Crippen LogP contribution in [-0.2, 0) is 11.2 Å². The molecule has 0 radical (unpaired) electrons. The molecule has 26 heavy (non-hydrogen) atoms. The van der Waals surface area contributed by atoms with Gasteiger partial charge in [-0.3, -0.25) is 4.79 Å². The normalized spacial score (nSPS) is 21.7. The summed E-state index contributed by atoms with van der Waals surface area (Å²) in [6.07, 6.45) is 6.23. The fraction of sp³-hybridized carbons (Fsp3) is 0.619. The molecule has 5 heteroatoms. The van der Waals surface area contributed by atoms with E-state index in [4.69, 9.17) is 5.73 Å². The molecule has 2 N–H and O–H groups in total. The van der Waals surface area contributed by atoms with E-state index in [1.165, 1.54) is 17.5 Å². The Labute approximate surface area is 156 Å². The number of hydrogen-bond donors (Lipinski definition) is 1. The average molecular weight is 357 g/mol. The van der Waals surface area contributed by atoms with Crippen LogP contribution < -0.4 is 5.73 Å². The van der Waals surface area contributed by atoms with Crippen LogP contribution >= 0.6 is 0 Å². The Balaban J connectivity index is 1.43. The largest absolute Gasteiger partial charge is 0.351 e. The molecule has 2 saturated heterocycles. The molecule has 142 valence electrons. The smallest absolute Gasteiger partial charge is 0.314 e. The van der Waals surface area contributed by atoms with Gasteiger partial charge in [0.15, 0.2) is 0 Å². The lowest BCUT2D eigenvalue weighted by Gasteiger charge is -2.37. The van der Waals surface area contributed by atoms with Crippen LogP contribution in [0, 0.1) is 18.8 Å². The minimum atomic E-state index is -0.405. The molecule has 0 saturated carbocycles. The van der Waals surface area contributed by atoms with E-state index in [1.54, 1.807) is 4.90 Å². The second-order valence-electron chi connectivity index (χ2n) is 7.92. The topological polar surface area (TPSA) is 66.6 Å². The maximum atomic E-state index is 12.8. The lowest BCUT2D eigenvalue weighted by atomic mass is 9.89. The van der Waals surface area contributed by atoms with E-state index in [2.05, 4.69) is 31.2 Å². The zero-order valence-corrected chi connectivity index (χ0v) is 15.8. The second kappa shape index (κ2) is 8.56. The number of piperidine rings is 2. The molecule has 1 aromatic rings. The fourth-order valence-electron chi connectivity index (χ4n) is 4.20. The first kappa shape index (κ1) is 18.7. The minimum Gasteiger partial charge on any atom is -0.351 e. The third-order valence-electron chi connectivity index (χ3n) is 5.97. The van der Waals surface area contributed by atoms with E-state index in [-0.39, 0.29) is 11.8 Å². The first-order valence-corrected chi connectivity index (χ1v) is 9.91. The van der Waals surface area contributed by atoms with E-state index in [0.717, 1.165) is 45.2 Å². The Kier molecular flexibility index (Phi) is 6.17. The van der Waals surface area contributed by atoms with Crippen molar-refractivity contribution in [3.05, 3.63) is 35.4 Å². The van der Waals surface area contributed by atoms with Gasteiger partial charge in [-0.1, -0.05) is 29.8 Å². The van der Waals surface area contributed by atoms with Crippen molar-refractivity contribution in [3.63, 3.8) is 0 Å². The molecule has 2 aliphatic rings. The van der Waals surface area contributed by atoms with Crippen molar-refractivity contribution >= 4 is 11.9 Å². The van der Waals surface area contributed by atoms with E-state index in [0.29, 0.717) is 19.0 Å². The highest BCUT2D eigenvalue weighted by molar-refractivity contribution is 5.80. The average Bonchev–Trinajstić information content (AvgIpc) is 2.67. The Morgan fingerprint density at radius 3 is 2.38 bits per heavy atom. The molecular weight excluding hydrogens is 326 g/mol. The molecule has 3 amide bonds. The lowest BCUT2D eigenvalue weighted by Crippen LogP contribution is -2.49. The van der Waals surface area contributed by atoms with Crippen molar-refractivity contribution in [1.82, 2.24) is 9.80 Å². The molecule has 0 spiro atoms. The molecule has 1 atom stereocenters. The van der Waals surface area contributed by atoms with Crippen molar-refractivity contribution in [2.45, 2.75) is 45.4 Å². The van der Waals surface area contributed by atoms with E-state index >= 15 is 0 Å². The van der Waals surface area contributed by atoms with Gasteiger partial charge in [0.25, 0.3) is 0 Å². The maximum absolute atomic E-state index is 12.8. The van der Waals surface area contributed by atoms with Gasteiger partial charge in [0.05, 0.1) is 5.92 Å². The number of amides is 3. The summed E-state index contributed by atoms with van der Waals surface area (Å²) in [4.78, 5) is 27.8. The molecule has 0 aromatic heterocycles. The van der Waals surface area contributed by atoms with Crippen LogP contribution in [0.3, 0.4) is 0 Å². The third kappa shape index (κ3) is 4.77. The van der Waals surface area contributed by atoms with E-state index in [1.807, 2.05) is 4.90 Å². The van der Waals surface area contributed by atoms with Gasteiger partial charge < -0.3 is 15.5 Å². The van der Waals surface area contributed by atoms with Gasteiger partial charge in [0.2, 0.25) is 5.91 Å². The molecule has 1 aromatic carbocycles. The van der Waals surface area contributed by atoms with Gasteiger partial charge in [0.1, 0.15) is 0 Å². The SMILES string of the molecule is Cc1ccc(CCC2CCN(C(=O)C3CCCN(C(N)=O)C3)CC2)cc1. The second-order valence-corrected chi connectivity index (χ2v) is 7.92. The summed E-state index contributed by atoms with van der Waals surface area (Å²) in [6, 6.07) is 8.40. The van der Waals surface area contributed by atoms with Crippen LogP contribution in [0.5, 0.6) is 0 Å². The molecule has 5 nitrogen and oxygen atoms in total. The van der Waals surface area contributed by atoms with E-state index in [9.17, 15) is 9.59 Å². The predicted molar refractivity (Wildman–Crippen MR) is 103 cm³/mol. The van der Waals surface area contributed by atoms with Crippen LogP contribution in [0.15, 0.2) is 24.3 Å². The molecule has 2 fully saturated rings. The Morgan fingerprint density at radius 2 is 1.73 bits per heavy atom. The zero-order chi connectivity index (χ0) is 18.5. The first-order chi connectivity index (χ1) is 12.5. The number of benzene rings is 1. The summed E-state index contributed by atoms with van der Waals surface area (Å²) in [5.74, 6) is 0.849. The van der Waals surface area contributed by atoms with Crippen molar-refractivity contribution in [1.29, 1.82) is 0 Å². The van der Waals surface area contributed by atoms with Crippen LogP contribution in [0.1, 0.15) is 43.2 Å². The summed E-state index contributed by atoms with van der Waals surface area (Å²) in [6.45, 7) is 4.99. The van der Waals surface area contributed by atoms with Crippen molar-refractivity contribution in [2.24, 2.45) is 17.6 Å². The van der Waals surface area contributed by atoms with Crippen LogP contribution in [0.4, 0.5) is 4.79 Å². The number of carbonyl (C=O) groups excluding carboxylic acids is 2. The number of primary amides is 1. The predicted octanol–water partition coefficient (Wildman–Crippen LogP) is 2.96. The maximum Gasteiger partial charge on any atom is 0.314 e. The third-order valence-corrected chi connectivity index (χ3v) is 5.97. The zero-order valence-electron chi connectivity index (χ0n) is 15.8. The standard InChI is InChI=1S/C21H31N3O2/c1-16-4-6-17(7-5-16)8-9-18-10-13-23(14-11-18)20(25)19-3-2-12-24(15-19)21(22)26/h4-7,18-19H,2-3,8-15H2,1H3,(H2,22,26). The molecule has 1 unspecified atom stereocenters. The minimum absolute atomic E-state index is 0.0691. The molecule has 3 rings (SSSR count). The summed E-state index contributed by atoms with van der Waals surface area (Å²) in [5.41, 5.74) is 8.09. The van der Waals surface area contributed by atoms with Crippen molar-refractivity contribution in [3.8, 4) is 0 Å². The Bertz CT molecular complexity index is 621. The number of carbonyl (C=O) groups is 2. The van der Waals surface area contributed by atoms with Crippen LogP contribution in [0.2, 0.25) is 0 Å². The highest BCUT2D eigenvalue weighted by atomic mass is 16.2. The number of urea groups is 1. The van der Waals surface area contributed by atoms with Crippen molar-refractivity contribution < 1.29 is 9.59 Å². The summed E-state index contributed by atoms with van der Waals surface area (Å²) in [7, 11) is 0. The van der Waals surface area contributed by atoms with Crippen LogP contribution in [-0.4, -0.2) is 47.9 Å². The van der Waals surface area contributed by atoms with Gasteiger partial charge in [-0.05, 0) is 56.9 Å². The first-order valence-electron chi connectivity index (χ1n) is 9.91. The van der Waals surface area contributed by atoms with Gasteiger partial charge >= 0.3 is 6.03 Å². The summed E-state index contributed by atoms with van der Waals surface area (Å²) in [5, 5.41) is 0. The van der Waals surface area contributed by atoms with Crippen molar-refractivity contribution in [2.75, 3.05) is 26.2 Å². The number of nitrogens with zero attached hydrogens (tertiary/aromatic N) is 2. The summed E-state index contributed by atoms with van der Waals surface area (Å²) < 4.78 is 0. The highest BCUT2D eigenvalue weighted by Gasteiger charge is 2.32. The molecule has 2 aliphatic heterocycles. The fourth-order valence-corrected chi connectivity index (χ4v) is 4.20. The lowest BCUT2D eigenvalue weighted by molar-refractivity contribution is -0.138. The van der Waals surface area contributed by atoms with Gasteiger partial charge in [0, 0.05) is 26.2 Å². The number of nitrogens with two attached hydrogens (primary N) is 1. The Hall–Kier alpha value is -2.04. The molecular formula is C21H31N3O2. The number of hydrogen-bond acceptors (Lipinski definition) is 2. The van der Waals surface area contributed by atoms with Gasteiger partial charge in [-0.25, -0.2) is 4.79 Å². The molecule has 0 bridgehead atoms.